The Bertz CT molecular complexity index is 3410. The number of hydrogen-bond donors (Lipinski definition) is 7. The van der Waals surface area contributed by atoms with Crippen molar-refractivity contribution in [3.63, 3.8) is 0 Å². The highest BCUT2D eigenvalue weighted by Crippen LogP contribution is 2.59. The number of carbonyl (C=O) groups excluding carboxylic acids is 7. The molecule has 7 amide bonds. The molecule has 0 bridgehead atoms. The minimum atomic E-state index is -5.87. The summed E-state index contributed by atoms with van der Waals surface area (Å²) in [6.45, 7) is 14.9. The van der Waals surface area contributed by atoms with Gasteiger partial charge < -0.3 is 60.3 Å². The van der Waals surface area contributed by atoms with Crippen LogP contribution in [0.5, 0.6) is 0 Å². The summed E-state index contributed by atoms with van der Waals surface area (Å²) in [6.07, 6.45) is 0.479. The van der Waals surface area contributed by atoms with Crippen LogP contribution in [-0.2, 0) is 48.5 Å². The number of thiophene rings is 1. The molecule has 0 radical (unpaired) electrons. The first-order valence-electron chi connectivity index (χ1n) is 29.9. The van der Waals surface area contributed by atoms with Gasteiger partial charge in [0.1, 0.15) is 36.9 Å². The van der Waals surface area contributed by atoms with Crippen molar-refractivity contribution in [2.24, 2.45) is 10.8 Å². The number of alkyl halides is 2. The number of β-amino-alcohol motifs (C(OH)–C–C–N with tert-alkyl or cyclic N) is 1. The fourth-order valence-electron chi connectivity index (χ4n) is 11.3. The molecule has 8 atom stereocenters. The predicted octanol–water partition coefficient (Wildman–Crippen LogP) is 7.73. The summed E-state index contributed by atoms with van der Waals surface area (Å²) in [4.78, 5) is 127. The van der Waals surface area contributed by atoms with Crippen LogP contribution in [0.15, 0.2) is 84.4 Å². The highest BCUT2D eigenvalue weighted by atomic mass is 32.1. The maximum atomic E-state index is 14.9. The molecule has 3 fully saturated rings. The van der Waals surface area contributed by atoms with Crippen molar-refractivity contribution in [2.45, 2.75) is 155 Å². The first kappa shape index (κ1) is 68.3. The minimum Gasteiger partial charge on any atom is -0.391 e. The molecule has 5 heterocycles. The summed E-state index contributed by atoms with van der Waals surface area (Å²) in [6, 6.07) is 17.0. The summed E-state index contributed by atoms with van der Waals surface area (Å²) in [5.41, 5.74) is -1.59. The molecular weight excluding hydrogens is 1210 g/mol. The number of thiazole rings is 1. The second-order valence-electron chi connectivity index (χ2n) is 25.3. The average molecular weight is 1290 g/mol. The number of benzene rings is 3. The number of hydrogen-bond acceptors (Lipinski definition) is 14. The van der Waals surface area contributed by atoms with E-state index in [1.54, 1.807) is 42.5 Å². The number of nitrogens with zero attached hydrogens (tertiary/aromatic N) is 4. The van der Waals surface area contributed by atoms with Crippen LogP contribution in [0.1, 0.15) is 138 Å². The van der Waals surface area contributed by atoms with Crippen molar-refractivity contribution in [1.29, 1.82) is 0 Å². The van der Waals surface area contributed by atoms with Gasteiger partial charge in [-0.3, -0.25) is 38.1 Å². The van der Waals surface area contributed by atoms with Crippen LogP contribution in [0.4, 0.5) is 8.78 Å². The Hall–Kier alpha value is -6.57. The zero-order valence-electron chi connectivity index (χ0n) is 51.3. The van der Waals surface area contributed by atoms with Gasteiger partial charge in [0, 0.05) is 55.7 Å². The van der Waals surface area contributed by atoms with Gasteiger partial charge in [0.25, 0.3) is 5.91 Å². The molecule has 2 aromatic heterocycles. The van der Waals surface area contributed by atoms with E-state index in [2.05, 4.69) is 26.3 Å². The molecule has 26 heteroatoms. The molecule has 89 heavy (non-hydrogen) atoms. The minimum absolute atomic E-state index is 0.0365. The quantitative estimate of drug-likeness (QED) is 0.0243. The average Bonchev–Trinajstić information content (AvgIpc) is 1.88. The van der Waals surface area contributed by atoms with E-state index in [1.165, 1.54) is 21.9 Å². The molecule has 3 aliphatic heterocycles. The van der Waals surface area contributed by atoms with E-state index in [0.717, 1.165) is 50.7 Å². The molecule has 482 valence electrons. The topological polar surface area (TPSA) is 286 Å². The first-order valence-corrected chi connectivity index (χ1v) is 33.2. The highest BCUT2D eigenvalue weighted by Gasteiger charge is 2.51. The number of aliphatic hydroxyl groups excluding tert-OH is 1. The van der Waals surface area contributed by atoms with Gasteiger partial charge in [-0.2, -0.15) is 8.78 Å². The molecule has 0 spiro atoms. The molecule has 5 aromatic rings. The molecule has 8 rings (SSSR count). The lowest BCUT2D eigenvalue weighted by molar-refractivity contribution is -0.150. The number of carbonyl (C=O) groups is 7. The fourth-order valence-corrected chi connectivity index (χ4v) is 13.6. The number of morpholine rings is 1. The number of aryl methyl sites for hydroxylation is 1. The van der Waals surface area contributed by atoms with Crippen LogP contribution in [0.25, 0.3) is 20.5 Å². The number of nitrogens with one attached hydrogen (secondary N) is 4. The lowest BCUT2D eigenvalue weighted by Crippen LogP contribution is -2.58. The van der Waals surface area contributed by atoms with Crippen LogP contribution in [0.2, 0.25) is 0 Å². The number of halogens is 2. The zero-order valence-corrected chi connectivity index (χ0v) is 53.9. The lowest BCUT2D eigenvalue weighted by atomic mass is 9.85. The summed E-state index contributed by atoms with van der Waals surface area (Å²) < 4.78 is 53.4. The normalized spacial score (nSPS) is 20.2. The highest BCUT2D eigenvalue weighted by molar-refractivity contribution is 7.52. The van der Waals surface area contributed by atoms with Crippen molar-refractivity contribution >= 4 is 81.7 Å². The van der Waals surface area contributed by atoms with Gasteiger partial charge in [0.2, 0.25) is 35.4 Å². The molecule has 3 aromatic carbocycles. The molecule has 21 nitrogen and oxygen atoms in total. The Kier molecular flexibility index (Phi) is 22.1. The first-order chi connectivity index (χ1) is 41.9. The van der Waals surface area contributed by atoms with E-state index in [-0.39, 0.29) is 86.8 Å². The molecular formula is C63H81F2N8O13PS2. The van der Waals surface area contributed by atoms with Gasteiger partial charge in [0.15, 0.2) is 0 Å². The van der Waals surface area contributed by atoms with Crippen LogP contribution in [-0.4, -0.2) is 158 Å². The van der Waals surface area contributed by atoms with Crippen LogP contribution in [0, 0.1) is 17.8 Å². The van der Waals surface area contributed by atoms with Gasteiger partial charge >= 0.3 is 13.3 Å². The summed E-state index contributed by atoms with van der Waals surface area (Å²) in [5.74, 6) is -3.30. The van der Waals surface area contributed by atoms with Crippen molar-refractivity contribution in [3.05, 3.63) is 112 Å². The van der Waals surface area contributed by atoms with E-state index >= 15 is 0 Å². The van der Waals surface area contributed by atoms with Gasteiger partial charge in [-0.1, -0.05) is 115 Å². The standard InChI is InChI=1S/C63H81F2N8O13PS2/c1-37(39-19-21-41(22-20-39)53-38(2)67-36-88-53)68-56(77)46-30-44(74)32-72(46)59(80)54(61(3,4)5)69-51(75)18-14-9-10-15-25-66-52(76)35-86-45-31-47(58(79)71-26-27-85-48(34-71)40-16-12-11-13-17-40)73(33-45)60(81)55(62(6,7)8)70-57(78)50-29-42-28-43(23-24-49(42)89-50)63(64,65)87(82,83)84/h11-13,16-17,19-24,28-29,36-37,44-48,54-55,74H,9-10,14-15,18,25-27,30-35H2,1-8H3,(H,66,76)(H,68,77)(H,69,75)(H,70,78)(H2,82,83,84)/t37-,44+,45-,46-,47-,48?,54?,55?/m0/s1. The van der Waals surface area contributed by atoms with E-state index in [4.69, 9.17) is 9.47 Å². The monoisotopic (exact) mass is 1290 g/mol. The Balaban J connectivity index is 0.818. The van der Waals surface area contributed by atoms with Crippen LogP contribution >= 0.6 is 30.3 Å². The third-order valence-electron chi connectivity index (χ3n) is 16.4. The van der Waals surface area contributed by atoms with Gasteiger partial charge in [0.05, 0.1) is 52.4 Å². The molecule has 0 saturated carbocycles. The Labute approximate surface area is 524 Å². The number of likely N-dealkylation sites (tertiary alicyclic amines) is 2. The summed E-state index contributed by atoms with van der Waals surface area (Å²) in [5, 5.41) is 22.4. The number of rotatable bonds is 23. The number of aromatic nitrogens is 1. The predicted molar refractivity (Wildman–Crippen MR) is 332 cm³/mol. The fraction of sp³-hybridized carbons (Fsp3) is 0.524. The van der Waals surface area contributed by atoms with Crippen LogP contribution in [0.3, 0.4) is 0 Å². The largest absolute Gasteiger partial charge is 0.399 e. The molecule has 7 N–H and O–H groups in total. The van der Waals surface area contributed by atoms with E-state index < -0.39 is 102 Å². The zero-order chi connectivity index (χ0) is 64.8. The third kappa shape index (κ3) is 16.9. The maximum absolute atomic E-state index is 14.9. The van der Waals surface area contributed by atoms with Crippen molar-refractivity contribution in [3.8, 4) is 10.4 Å². The van der Waals surface area contributed by atoms with Crippen LogP contribution < -0.4 is 21.3 Å². The summed E-state index contributed by atoms with van der Waals surface area (Å²) >= 11 is 2.48. The SMILES string of the molecule is Cc1ncsc1-c1ccc([C@H](C)NC(=O)[C@@H]2C[C@@H](O)CN2C(=O)C(NC(=O)CCCCCCNC(=O)CO[C@H]2C[C@@H](C(=O)N3CCOC(c4ccccc4)C3)N(C(=O)C(NC(=O)c3cc4cc(C(F)(F)P(=O)(O)O)ccc4s3)C(C)(C)C)C2)C(C)(C)C)cc1. The van der Waals surface area contributed by atoms with Gasteiger partial charge in [-0.25, -0.2) is 4.98 Å². The van der Waals surface area contributed by atoms with E-state index in [1.807, 2.05) is 89.2 Å². The molecule has 0 aliphatic carbocycles. The summed E-state index contributed by atoms with van der Waals surface area (Å²) in [7, 11) is -5.87. The Morgan fingerprint density at radius 2 is 1.46 bits per heavy atom. The molecule has 3 unspecified atom stereocenters. The number of amides is 7. The lowest BCUT2D eigenvalue weighted by Gasteiger charge is -2.38. The second kappa shape index (κ2) is 28.7. The van der Waals surface area contributed by atoms with Gasteiger partial charge in [-0.05, 0) is 77.8 Å². The van der Waals surface area contributed by atoms with E-state index in [9.17, 15) is 61.8 Å². The Morgan fingerprint density at radius 3 is 2.11 bits per heavy atom. The van der Waals surface area contributed by atoms with Gasteiger partial charge in [-0.15, -0.1) is 22.7 Å². The van der Waals surface area contributed by atoms with Crippen molar-refractivity contribution < 1.29 is 71.3 Å². The number of ether oxygens (including phenoxy) is 2. The maximum Gasteiger partial charge on any atom is 0.399 e. The molecule has 3 aliphatic rings. The number of unbranched alkanes of at least 4 members (excludes halogenated alkanes) is 3. The number of aliphatic hydroxyl groups is 1. The third-order valence-corrected chi connectivity index (χ3v) is 19.5. The molecule has 3 saturated heterocycles. The Morgan fingerprint density at radius 1 is 0.798 bits per heavy atom. The smallest absolute Gasteiger partial charge is 0.391 e. The number of fused-ring (bicyclic) bond motifs is 1. The second-order valence-corrected chi connectivity index (χ2v) is 28.9. The van der Waals surface area contributed by atoms with Crippen molar-refractivity contribution in [1.82, 2.24) is 41.0 Å². The van der Waals surface area contributed by atoms with E-state index in [0.29, 0.717) is 36.9 Å². The van der Waals surface area contributed by atoms with Crippen molar-refractivity contribution in [2.75, 3.05) is 45.9 Å².